The number of benzene rings is 3. The summed E-state index contributed by atoms with van der Waals surface area (Å²) in [5.41, 5.74) is 2.64. The predicted octanol–water partition coefficient (Wildman–Crippen LogP) is 4.17. The Morgan fingerprint density at radius 2 is 1.39 bits per heavy atom. The molecule has 166 valence electrons. The van der Waals surface area contributed by atoms with Gasteiger partial charge in [0.25, 0.3) is 0 Å². The first-order valence-corrected chi connectivity index (χ1v) is 10.2. The van der Waals surface area contributed by atoms with E-state index in [2.05, 4.69) is 20.3 Å². The van der Waals surface area contributed by atoms with Crippen LogP contribution in [0.25, 0.3) is 34.2 Å². The van der Waals surface area contributed by atoms with Gasteiger partial charge < -0.3 is 19.9 Å². The molecule has 0 unspecified atom stereocenters. The molecular formula is C25H22N4O4. The monoisotopic (exact) mass is 442 g/mol. The van der Waals surface area contributed by atoms with E-state index < -0.39 is 0 Å². The van der Waals surface area contributed by atoms with Crippen LogP contribution < -0.4 is 10.1 Å². The van der Waals surface area contributed by atoms with Crippen LogP contribution in [-0.2, 0) is 9.53 Å². The number of aromatic hydroxyl groups is 1. The van der Waals surface area contributed by atoms with E-state index in [1.54, 1.807) is 37.4 Å². The highest BCUT2D eigenvalue weighted by Gasteiger charge is 2.14. The molecule has 33 heavy (non-hydrogen) atoms. The topological polar surface area (TPSA) is 106 Å². The maximum absolute atomic E-state index is 11.7. The molecule has 1 heterocycles. The summed E-state index contributed by atoms with van der Waals surface area (Å²) in [6, 6.07) is 21.4. The second-order valence-electron chi connectivity index (χ2n) is 7.11. The number of methoxy groups -OCH3 is 2. The van der Waals surface area contributed by atoms with Crippen LogP contribution in [0.4, 0.5) is 5.69 Å². The highest BCUT2D eigenvalue weighted by Crippen LogP contribution is 2.30. The van der Waals surface area contributed by atoms with Crippen molar-refractivity contribution in [2.45, 2.75) is 0 Å². The summed E-state index contributed by atoms with van der Waals surface area (Å²) in [6.45, 7) is -0.0234. The van der Waals surface area contributed by atoms with Gasteiger partial charge in [0.2, 0.25) is 5.91 Å². The lowest BCUT2D eigenvalue weighted by Crippen LogP contribution is -2.16. The van der Waals surface area contributed by atoms with Crippen LogP contribution in [-0.4, -0.2) is 46.8 Å². The average Bonchev–Trinajstić information content (AvgIpc) is 2.85. The van der Waals surface area contributed by atoms with Crippen LogP contribution in [0.2, 0.25) is 0 Å². The highest BCUT2D eigenvalue weighted by molar-refractivity contribution is 5.91. The van der Waals surface area contributed by atoms with Gasteiger partial charge in [-0.15, -0.1) is 0 Å². The molecule has 0 saturated heterocycles. The molecular weight excluding hydrogens is 420 g/mol. The molecule has 8 heteroatoms. The zero-order valence-electron chi connectivity index (χ0n) is 18.1. The van der Waals surface area contributed by atoms with Gasteiger partial charge in [-0.05, 0) is 60.7 Å². The van der Waals surface area contributed by atoms with Crippen LogP contribution in [0.5, 0.6) is 11.5 Å². The van der Waals surface area contributed by atoms with E-state index in [1.807, 2.05) is 42.5 Å². The molecule has 0 aliphatic carbocycles. The van der Waals surface area contributed by atoms with Crippen molar-refractivity contribution >= 4 is 11.6 Å². The number of rotatable bonds is 7. The Hall–Kier alpha value is -4.30. The van der Waals surface area contributed by atoms with Crippen LogP contribution in [0.15, 0.2) is 72.8 Å². The minimum atomic E-state index is -0.242. The first kappa shape index (κ1) is 21.9. The molecule has 0 radical (unpaired) electrons. The van der Waals surface area contributed by atoms with Crippen molar-refractivity contribution < 1.29 is 19.4 Å². The summed E-state index contributed by atoms with van der Waals surface area (Å²) in [5, 5.41) is 13.1. The Balaban J connectivity index is 1.76. The number of nitrogens with zero attached hydrogens (tertiary/aromatic N) is 3. The largest absolute Gasteiger partial charge is 0.507 e. The zero-order valence-corrected chi connectivity index (χ0v) is 18.1. The molecule has 0 aliphatic rings. The second kappa shape index (κ2) is 9.88. The minimum Gasteiger partial charge on any atom is -0.507 e. The molecule has 2 N–H and O–H groups in total. The first-order valence-electron chi connectivity index (χ1n) is 10.2. The Morgan fingerprint density at radius 3 is 1.97 bits per heavy atom. The lowest BCUT2D eigenvalue weighted by atomic mass is 10.1. The Morgan fingerprint density at radius 1 is 0.818 bits per heavy atom. The Labute approximate surface area is 190 Å². The van der Waals surface area contributed by atoms with Gasteiger partial charge in [0.15, 0.2) is 17.5 Å². The fourth-order valence-electron chi connectivity index (χ4n) is 3.19. The number of phenolic OH excluding ortho intramolecular Hbond substituents is 1. The second-order valence-corrected chi connectivity index (χ2v) is 7.11. The van der Waals surface area contributed by atoms with Crippen molar-refractivity contribution in [3.63, 3.8) is 0 Å². The quantitative estimate of drug-likeness (QED) is 0.442. The molecule has 0 atom stereocenters. The van der Waals surface area contributed by atoms with Crippen molar-refractivity contribution in [2.75, 3.05) is 26.1 Å². The van der Waals surface area contributed by atoms with E-state index in [9.17, 15) is 9.90 Å². The number of phenols is 1. The van der Waals surface area contributed by atoms with E-state index >= 15 is 0 Å². The van der Waals surface area contributed by atoms with E-state index in [4.69, 9.17) is 9.47 Å². The van der Waals surface area contributed by atoms with Crippen LogP contribution in [0, 0.1) is 0 Å². The van der Waals surface area contributed by atoms with Gasteiger partial charge in [-0.2, -0.15) is 0 Å². The molecule has 8 nitrogen and oxygen atoms in total. The van der Waals surface area contributed by atoms with Gasteiger partial charge in [0.05, 0.1) is 12.7 Å². The van der Waals surface area contributed by atoms with Gasteiger partial charge in [-0.3, -0.25) is 4.79 Å². The zero-order chi connectivity index (χ0) is 23.2. The number of carbonyl (C=O) groups is 1. The molecule has 0 bridgehead atoms. The van der Waals surface area contributed by atoms with Crippen molar-refractivity contribution in [2.24, 2.45) is 0 Å². The molecule has 0 saturated carbocycles. The third-order valence-corrected chi connectivity index (χ3v) is 4.83. The molecule has 4 aromatic rings. The van der Waals surface area contributed by atoms with Gasteiger partial charge in [0.1, 0.15) is 18.1 Å². The number of carbonyl (C=O) groups excluding carboxylic acids is 1. The summed E-state index contributed by atoms with van der Waals surface area (Å²) in [5.74, 6) is 1.80. The van der Waals surface area contributed by atoms with E-state index in [0.717, 1.165) is 16.9 Å². The van der Waals surface area contributed by atoms with Crippen LogP contribution >= 0.6 is 0 Å². The number of para-hydroxylation sites is 1. The lowest BCUT2D eigenvalue weighted by molar-refractivity contribution is -0.119. The number of hydrogen-bond donors (Lipinski definition) is 2. The maximum atomic E-state index is 11.7. The molecule has 1 aromatic heterocycles. The van der Waals surface area contributed by atoms with Crippen molar-refractivity contribution in [3.05, 3.63) is 72.8 Å². The van der Waals surface area contributed by atoms with Crippen molar-refractivity contribution in [1.29, 1.82) is 0 Å². The number of aromatic nitrogens is 3. The third kappa shape index (κ3) is 5.13. The van der Waals surface area contributed by atoms with Gasteiger partial charge >= 0.3 is 0 Å². The Bertz CT molecular complexity index is 1260. The number of hydrogen-bond acceptors (Lipinski definition) is 7. The van der Waals surface area contributed by atoms with E-state index in [1.165, 1.54) is 7.11 Å². The minimum absolute atomic E-state index is 0.0234. The normalized spacial score (nSPS) is 10.6. The number of amides is 1. The fourth-order valence-corrected chi connectivity index (χ4v) is 3.19. The molecule has 0 aliphatic heterocycles. The summed E-state index contributed by atoms with van der Waals surface area (Å²) in [4.78, 5) is 25.6. The summed E-state index contributed by atoms with van der Waals surface area (Å²) in [7, 11) is 3.07. The van der Waals surface area contributed by atoms with E-state index in [0.29, 0.717) is 28.7 Å². The lowest BCUT2D eigenvalue weighted by Gasteiger charge is -2.10. The van der Waals surface area contributed by atoms with Gasteiger partial charge in [-0.1, -0.05) is 12.1 Å². The first-order chi connectivity index (χ1) is 16.1. The molecule has 0 fully saturated rings. The summed E-state index contributed by atoms with van der Waals surface area (Å²) < 4.78 is 10.1. The smallest absolute Gasteiger partial charge is 0.250 e. The van der Waals surface area contributed by atoms with E-state index in [-0.39, 0.29) is 18.3 Å². The molecule has 3 aromatic carbocycles. The van der Waals surface area contributed by atoms with Gasteiger partial charge in [0, 0.05) is 23.9 Å². The summed E-state index contributed by atoms with van der Waals surface area (Å²) >= 11 is 0. The van der Waals surface area contributed by atoms with Gasteiger partial charge in [-0.25, -0.2) is 15.0 Å². The standard InChI is InChI=1S/C25H22N4O4/c1-32-15-22(31)26-18-11-7-16(8-12-18)23-27-24(17-9-13-19(33-2)14-10-17)29-25(28-23)20-5-3-4-6-21(20)30/h3-14,30H,15H2,1-2H3,(H,26,31). The molecule has 1 amide bonds. The highest BCUT2D eigenvalue weighted by atomic mass is 16.5. The van der Waals surface area contributed by atoms with Crippen molar-refractivity contribution in [3.8, 4) is 45.7 Å². The SMILES string of the molecule is COCC(=O)Nc1ccc(-c2nc(-c3ccc(OC)cc3)nc(-c3ccccc3O)n2)cc1. The fraction of sp³-hybridized carbons (Fsp3) is 0.120. The summed E-state index contributed by atoms with van der Waals surface area (Å²) in [6.07, 6.45) is 0. The molecule has 4 rings (SSSR count). The average molecular weight is 442 g/mol. The number of anilines is 1. The Kier molecular flexibility index (Phi) is 6.56. The van der Waals surface area contributed by atoms with Crippen LogP contribution in [0.3, 0.4) is 0 Å². The third-order valence-electron chi connectivity index (χ3n) is 4.83. The number of nitrogens with one attached hydrogen (secondary N) is 1. The maximum Gasteiger partial charge on any atom is 0.250 e. The number of ether oxygens (including phenoxy) is 2. The van der Waals surface area contributed by atoms with Crippen molar-refractivity contribution in [1.82, 2.24) is 15.0 Å². The molecule has 0 spiro atoms. The predicted molar refractivity (Wildman–Crippen MR) is 125 cm³/mol. The van der Waals surface area contributed by atoms with Crippen LogP contribution in [0.1, 0.15) is 0 Å².